The highest BCUT2D eigenvalue weighted by Gasteiger charge is 2.12. The van der Waals surface area contributed by atoms with Gasteiger partial charge in [-0.15, -0.1) is 0 Å². The van der Waals surface area contributed by atoms with E-state index in [1.807, 2.05) is 0 Å². The van der Waals surface area contributed by atoms with Gasteiger partial charge in [0.25, 0.3) is 0 Å². The topological polar surface area (TPSA) is 12.4 Å². The third-order valence-electron chi connectivity index (χ3n) is 4.04. The molecule has 0 unspecified atom stereocenters. The normalized spacial score (nSPS) is 11.7. The second-order valence-electron chi connectivity index (χ2n) is 6.44. The molecule has 0 atom stereocenters. The summed E-state index contributed by atoms with van der Waals surface area (Å²) in [6.07, 6.45) is 2.96. The lowest BCUT2D eigenvalue weighted by Gasteiger charge is -2.18. The van der Waals surface area contributed by atoms with Gasteiger partial charge in [-0.05, 0) is 34.1 Å². The number of aliphatic imine (C=N–C) groups is 1. The van der Waals surface area contributed by atoms with E-state index in [9.17, 15) is 0 Å². The Hall–Kier alpha value is -1.89. The summed E-state index contributed by atoms with van der Waals surface area (Å²) in [6, 6.07) is 17.2. The van der Waals surface area contributed by atoms with E-state index in [2.05, 4.69) is 82.4 Å². The van der Waals surface area contributed by atoms with Crippen molar-refractivity contribution in [2.45, 2.75) is 52.5 Å². The van der Waals surface area contributed by atoms with Crippen molar-refractivity contribution < 1.29 is 0 Å². The van der Waals surface area contributed by atoms with E-state index < -0.39 is 0 Å². The minimum atomic E-state index is 0.540. The van der Waals surface area contributed by atoms with E-state index in [0.717, 1.165) is 13.0 Å². The zero-order chi connectivity index (χ0) is 15.9. The van der Waals surface area contributed by atoms with Gasteiger partial charge in [0.1, 0.15) is 0 Å². The summed E-state index contributed by atoms with van der Waals surface area (Å²) in [5.74, 6) is 1.08. The predicted octanol–water partition coefficient (Wildman–Crippen LogP) is 5.75. The van der Waals surface area contributed by atoms with Crippen molar-refractivity contribution in [2.24, 2.45) is 4.99 Å². The molecule has 0 amide bonds. The van der Waals surface area contributed by atoms with Gasteiger partial charge in [-0.3, -0.25) is 4.99 Å². The minimum absolute atomic E-state index is 0.540. The van der Waals surface area contributed by atoms with Crippen LogP contribution in [-0.2, 0) is 13.0 Å². The molecule has 2 rings (SSSR count). The van der Waals surface area contributed by atoms with E-state index in [1.165, 1.54) is 22.3 Å². The molecule has 1 nitrogen and oxygen atoms in total. The van der Waals surface area contributed by atoms with E-state index in [0.29, 0.717) is 11.8 Å². The molecule has 2 aromatic rings. The third-order valence-corrected chi connectivity index (χ3v) is 4.04. The second kappa shape index (κ2) is 7.93. The number of benzene rings is 2. The first-order chi connectivity index (χ1) is 10.6. The maximum atomic E-state index is 4.70. The summed E-state index contributed by atoms with van der Waals surface area (Å²) in [7, 11) is 0. The molecule has 0 saturated carbocycles. The van der Waals surface area contributed by atoms with Crippen LogP contribution in [0.15, 0.2) is 53.5 Å². The first-order valence-electron chi connectivity index (χ1n) is 8.23. The van der Waals surface area contributed by atoms with Crippen LogP contribution in [0, 0.1) is 0 Å². The highest BCUT2D eigenvalue weighted by molar-refractivity contribution is 5.61. The fourth-order valence-corrected chi connectivity index (χ4v) is 2.83. The van der Waals surface area contributed by atoms with Gasteiger partial charge in [0, 0.05) is 12.6 Å². The highest BCUT2D eigenvalue weighted by Crippen LogP contribution is 2.28. The van der Waals surface area contributed by atoms with Gasteiger partial charge in [0.05, 0.1) is 6.54 Å². The second-order valence-corrected chi connectivity index (χ2v) is 6.44. The van der Waals surface area contributed by atoms with E-state index in [1.54, 1.807) is 0 Å². The molecule has 0 heterocycles. The Kier molecular flexibility index (Phi) is 5.94. The Morgan fingerprint density at radius 1 is 0.818 bits per heavy atom. The first kappa shape index (κ1) is 16.5. The number of hydrogen-bond acceptors (Lipinski definition) is 1. The maximum Gasteiger partial charge on any atom is 0.0641 e. The average Bonchev–Trinajstić information content (AvgIpc) is 2.52. The lowest BCUT2D eigenvalue weighted by Crippen LogP contribution is -2.03. The fourth-order valence-electron chi connectivity index (χ4n) is 2.83. The summed E-state index contributed by atoms with van der Waals surface area (Å²) in [4.78, 5) is 4.70. The number of nitrogens with zero attached hydrogens (tertiary/aromatic N) is 1. The molecule has 0 aliphatic heterocycles. The predicted molar refractivity (Wildman–Crippen MR) is 97.0 cm³/mol. The zero-order valence-electron chi connectivity index (χ0n) is 14.2. The van der Waals surface area contributed by atoms with E-state index >= 15 is 0 Å². The smallest absolute Gasteiger partial charge is 0.0641 e. The van der Waals surface area contributed by atoms with Gasteiger partial charge in [-0.25, -0.2) is 0 Å². The molecule has 0 spiro atoms. The molecule has 1 heteroatoms. The minimum Gasteiger partial charge on any atom is -0.292 e. The van der Waals surface area contributed by atoms with Gasteiger partial charge in [-0.2, -0.15) is 0 Å². The monoisotopic (exact) mass is 293 g/mol. The van der Waals surface area contributed by atoms with Gasteiger partial charge >= 0.3 is 0 Å². The van der Waals surface area contributed by atoms with Crippen LogP contribution in [0.1, 0.15) is 61.8 Å². The van der Waals surface area contributed by atoms with Crippen molar-refractivity contribution >= 4 is 6.21 Å². The van der Waals surface area contributed by atoms with Crippen LogP contribution in [0.5, 0.6) is 0 Å². The molecule has 0 aliphatic carbocycles. The van der Waals surface area contributed by atoms with Crippen LogP contribution >= 0.6 is 0 Å². The van der Waals surface area contributed by atoms with Crippen LogP contribution in [0.2, 0.25) is 0 Å². The first-order valence-corrected chi connectivity index (χ1v) is 8.23. The summed E-state index contributed by atoms with van der Waals surface area (Å²) < 4.78 is 0. The van der Waals surface area contributed by atoms with Crippen molar-refractivity contribution in [1.29, 1.82) is 0 Å². The van der Waals surface area contributed by atoms with Crippen LogP contribution in [0.4, 0.5) is 0 Å². The highest BCUT2D eigenvalue weighted by atomic mass is 14.7. The Bertz CT molecular complexity index is 583. The maximum absolute atomic E-state index is 4.70. The van der Waals surface area contributed by atoms with Gasteiger partial charge in [0.2, 0.25) is 0 Å². The zero-order valence-corrected chi connectivity index (χ0v) is 14.2. The molecule has 0 aliphatic rings. The number of hydrogen-bond donors (Lipinski definition) is 0. The molecule has 0 radical (unpaired) electrons. The molecule has 2 aromatic carbocycles. The van der Waals surface area contributed by atoms with Crippen LogP contribution in [0.3, 0.4) is 0 Å². The summed E-state index contributed by atoms with van der Waals surface area (Å²) >= 11 is 0. The van der Waals surface area contributed by atoms with Crippen LogP contribution in [0.25, 0.3) is 0 Å². The van der Waals surface area contributed by atoms with E-state index in [-0.39, 0.29) is 0 Å². The van der Waals surface area contributed by atoms with Gasteiger partial charge in [-0.1, -0.05) is 76.2 Å². The van der Waals surface area contributed by atoms with Crippen molar-refractivity contribution in [3.8, 4) is 0 Å². The van der Waals surface area contributed by atoms with Crippen molar-refractivity contribution in [3.05, 3.63) is 70.8 Å². The van der Waals surface area contributed by atoms with Crippen molar-refractivity contribution in [3.63, 3.8) is 0 Å². The molecular weight excluding hydrogens is 266 g/mol. The molecule has 0 saturated heterocycles. The van der Waals surface area contributed by atoms with Crippen molar-refractivity contribution in [1.82, 2.24) is 0 Å². The SMILES string of the molecule is CC(C)c1cccc(C(C)C)c1CN=CCc1ccccc1. The summed E-state index contributed by atoms with van der Waals surface area (Å²) in [5.41, 5.74) is 5.59. The third kappa shape index (κ3) is 4.30. The Balaban J connectivity index is 2.14. The van der Waals surface area contributed by atoms with Gasteiger partial charge in [0.15, 0.2) is 0 Å². The Morgan fingerprint density at radius 2 is 1.41 bits per heavy atom. The van der Waals surface area contributed by atoms with Crippen LogP contribution < -0.4 is 0 Å². The van der Waals surface area contributed by atoms with Crippen LogP contribution in [-0.4, -0.2) is 6.21 Å². The molecule has 22 heavy (non-hydrogen) atoms. The molecule has 0 N–H and O–H groups in total. The molecule has 0 fully saturated rings. The molecule has 116 valence electrons. The fraction of sp³-hybridized carbons (Fsp3) is 0.381. The average molecular weight is 293 g/mol. The molecule has 0 aromatic heterocycles. The van der Waals surface area contributed by atoms with Crippen molar-refractivity contribution in [2.75, 3.05) is 0 Å². The van der Waals surface area contributed by atoms with E-state index in [4.69, 9.17) is 4.99 Å². The summed E-state index contributed by atoms with van der Waals surface area (Å²) in [6.45, 7) is 9.83. The lowest BCUT2D eigenvalue weighted by atomic mass is 9.89. The standard InChI is InChI=1S/C21H27N/c1-16(2)19-11-8-12-20(17(3)4)21(19)15-22-14-13-18-9-6-5-7-10-18/h5-12,14,16-17H,13,15H2,1-4H3. The quantitative estimate of drug-likeness (QED) is 0.602. The number of rotatable bonds is 6. The Labute approximate surface area is 135 Å². The molecular formula is C21H27N. The Morgan fingerprint density at radius 3 is 1.95 bits per heavy atom. The van der Waals surface area contributed by atoms with Gasteiger partial charge < -0.3 is 0 Å². The lowest BCUT2D eigenvalue weighted by molar-refractivity contribution is 0.795. The molecule has 0 bridgehead atoms. The summed E-state index contributed by atoms with van der Waals surface area (Å²) in [5, 5.41) is 0. The largest absolute Gasteiger partial charge is 0.292 e.